The molecular weight excluding hydrogens is 432 g/mol. The van der Waals surface area contributed by atoms with Crippen molar-refractivity contribution in [3.8, 4) is 0 Å². The molecule has 0 unspecified atom stereocenters. The molecule has 0 spiro atoms. The Morgan fingerprint density at radius 1 is 0.688 bits per heavy atom. The molecule has 0 aromatic rings. The van der Waals surface area contributed by atoms with E-state index in [0.717, 1.165) is 45.2 Å². The normalized spacial score (nSPS) is 14.1. The standard InChI is InChI=1S/C13H30O2Si.C13H28O2Si/c2*1-12(2,3)16(6,7)15-10-8-9-13(4,5)11-14/h14H,8-11H2,1-7H3;11H,8-10H2,1-7H3. The van der Waals surface area contributed by atoms with Crippen molar-refractivity contribution in [1.29, 1.82) is 0 Å². The van der Waals surface area contributed by atoms with Gasteiger partial charge in [-0.3, -0.25) is 0 Å². The average molecular weight is 491 g/mol. The molecule has 1 N–H and O–H groups in total. The van der Waals surface area contributed by atoms with Crippen LogP contribution in [0.25, 0.3) is 0 Å². The Morgan fingerprint density at radius 3 is 1.31 bits per heavy atom. The van der Waals surface area contributed by atoms with Crippen LogP contribution in [-0.4, -0.2) is 47.8 Å². The van der Waals surface area contributed by atoms with Crippen LogP contribution in [0.1, 0.15) is 94.9 Å². The van der Waals surface area contributed by atoms with E-state index in [4.69, 9.17) is 14.0 Å². The van der Waals surface area contributed by atoms with Gasteiger partial charge in [-0.05, 0) is 67.4 Å². The second-order valence-electron chi connectivity index (χ2n) is 13.9. The molecule has 4 nitrogen and oxygen atoms in total. The lowest BCUT2D eigenvalue weighted by molar-refractivity contribution is -0.115. The molecule has 0 amide bonds. The number of aliphatic hydroxyl groups is 1. The highest BCUT2D eigenvalue weighted by molar-refractivity contribution is 6.74. The van der Waals surface area contributed by atoms with Gasteiger partial charge in [0.25, 0.3) is 0 Å². The van der Waals surface area contributed by atoms with E-state index in [0.29, 0.717) is 5.04 Å². The average Bonchev–Trinajstić information content (AvgIpc) is 2.61. The predicted molar refractivity (Wildman–Crippen MR) is 145 cm³/mol. The third-order valence-electron chi connectivity index (χ3n) is 7.25. The van der Waals surface area contributed by atoms with Gasteiger partial charge in [0.05, 0.1) is 0 Å². The zero-order valence-corrected chi connectivity index (χ0v) is 26.2. The summed E-state index contributed by atoms with van der Waals surface area (Å²) >= 11 is 0. The number of hydrogen-bond donors (Lipinski definition) is 1. The second kappa shape index (κ2) is 13.2. The summed E-state index contributed by atoms with van der Waals surface area (Å²) in [5.74, 6) is 0. The minimum absolute atomic E-state index is 0.0385. The van der Waals surface area contributed by atoms with Gasteiger partial charge in [-0.15, -0.1) is 0 Å². The van der Waals surface area contributed by atoms with E-state index in [1.54, 1.807) is 0 Å². The van der Waals surface area contributed by atoms with Crippen LogP contribution in [0.5, 0.6) is 0 Å². The number of hydrogen-bond acceptors (Lipinski definition) is 4. The molecule has 32 heavy (non-hydrogen) atoms. The Bertz CT molecular complexity index is 527. The number of aldehydes is 1. The maximum atomic E-state index is 10.7. The second-order valence-corrected chi connectivity index (χ2v) is 23.5. The maximum absolute atomic E-state index is 10.7. The molecular formula is C26H58O4Si2. The van der Waals surface area contributed by atoms with Crippen molar-refractivity contribution < 1.29 is 18.8 Å². The highest BCUT2D eigenvalue weighted by Crippen LogP contribution is 2.37. The summed E-state index contributed by atoms with van der Waals surface area (Å²) in [6.07, 6.45) is 4.99. The largest absolute Gasteiger partial charge is 0.417 e. The summed E-state index contributed by atoms with van der Waals surface area (Å²) in [6, 6.07) is 0. The van der Waals surface area contributed by atoms with Gasteiger partial charge >= 0.3 is 0 Å². The monoisotopic (exact) mass is 490 g/mol. The van der Waals surface area contributed by atoms with Crippen LogP contribution in [0.3, 0.4) is 0 Å². The van der Waals surface area contributed by atoms with Gasteiger partial charge in [-0.2, -0.15) is 0 Å². The molecule has 0 radical (unpaired) electrons. The molecule has 0 heterocycles. The molecule has 0 atom stereocenters. The van der Waals surface area contributed by atoms with Crippen molar-refractivity contribution in [2.75, 3.05) is 19.8 Å². The summed E-state index contributed by atoms with van der Waals surface area (Å²) in [7, 11) is -3.17. The van der Waals surface area contributed by atoms with Gasteiger partial charge in [0.2, 0.25) is 0 Å². The van der Waals surface area contributed by atoms with Crippen LogP contribution < -0.4 is 0 Å². The SMILES string of the molecule is CC(C)(C=O)CCCO[Si](C)(C)C(C)(C)C.CC(C)(CO)CCCO[Si](C)(C)C(C)(C)C. The van der Waals surface area contributed by atoms with Crippen LogP contribution in [0.4, 0.5) is 0 Å². The highest BCUT2D eigenvalue weighted by Gasteiger charge is 2.37. The molecule has 0 aliphatic heterocycles. The van der Waals surface area contributed by atoms with Crippen molar-refractivity contribution in [3.05, 3.63) is 0 Å². The third kappa shape index (κ3) is 14.3. The van der Waals surface area contributed by atoms with E-state index < -0.39 is 16.6 Å². The fourth-order valence-corrected chi connectivity index (χ4v) is 4.48. The smallest absolute Gasteiger partial charge is 0.191 e. The van der Waals surface area contributed by atoms with E-state index in [1.807, 2.05) is 13.8 Å². The van der Waals surface area contributed by atoms with Crippen molar-refractivity contribution >= 4 is 22.9 Å². The lowest BCUT2D eigenvalue weighted by Gasteiger charge is -2.36. The molecule has 0 aliphatic rings. The molecule has 6 heteroatoms. The number of aliphatic hydroxyl groups excluding tert-OH is 1. The molecule has 0 aliphatic carbocycles. The van der Waals surface area contributed by atoms with E-state index >= 15 is 0 Å². The first-order valence-electron chi connectivity index (χ1n) is 12.4. The van der Waals surface area contributed by atoms with Crippen molar-refractivity contribution in [2.45, 2.75) is 131 Å². The van der Waals surface area contributed by atoms with Gasteiger partial charge < -0.3 is 18.8 Å². The van der Waals surface area contributed by atoms with Crippen LogP contribution >= 0.6 is 0 Å². The minimum atomic E-state index is -1.60. The predicted octanol–water partition coefficient (Wildman–Crippen LogP) is 7.82. The topological polar surface area (TPSA) is 55.8 Å². The zero-order chi connectivity index (χ0) is 26.1. The van der Waals surface area contributed by atoms with E-state index in [2.05, 4.69) is 81.6 Å². The van der Waals surface area contributed by atoms with E-state index in [9.17, 15) is 4.79 Å². The van der Waals surface area contributed by atoms with Gasteiger partial charge in [0.1, 0.15) is 6.29 Å². The first-order valence-corrected chi connectivity index (χ1v) is 18.2. The molecule has 194 valence electrons. The third-order valence-corrected chi connectivity index (χ3v) is 16.3. The zero-order valence-electron chi connectivity index (χ0n) is 24.2. The molecule has 0 fully saturated rings. The van der Waals surface area contributed by atoms with Crippen LogP contribution in [0.2, 0.25) is 36.3 Å². The molecule has 0 aromatic heterocycles. The molecule has 0 rings (SSSR count). The summed E-state index contributed by atoms with van der Waals surface area (Å²) in [6.45, 7) is 32.6. The first-order chi connectivity index (χ1) is 14.0. The molecule has 0 saturated carbocycles. The van der Waals surface area contributed by atoms with Gasteiger partial charge in [0, 0.05) is 25.2 Å². The fourth-order valence-electron chi connectivity index (χ4n) is 2.30. The Balaban J connectivity index is 0. The van der Waals surface area contributed by atoms with E-state index in [1.165, 1.54) is 0 Å². The van der Waals surface area contributed by atoms with Gasteiger partial charge in [-0.1, -0.05) is 69.2 Å². The first kappa shape index (κ1) is 34.2. The van der Waals surface area contributed by atoms with Crippen molar-refractivity contribution in [2.24, 2.45) is 10.8 Å². The molecule has 0 bridgehead atoms. The lowest BCUT2D eigenvalue weighted by Crippen LogP contribution is -2.41. The Labute approximate surface area is 203 Å². The number of carbonyl (C=O) groups is 1. The summed E-state index contributed by atoms with van der Waals surface area (Å²) in [4.78, 5) is 10.7. The number of rotatable bonds is 12. The fraction of sp³-hybridized carbons (Fsp3) is 0.962. The van der Waals surface area contributed by atoms with E-state index in [-0.39, 0.29) is 22.5 Å². The minimum Gasteiger partial charge on any atom is -0.417 e. The van der Waals surface area contributed by atoms with Crippen LogP contribution in [0.15, 0.2) is 0 Å². The van der Waals surface area contributed by atoms with Gasteiger partial charge in [0.15, 0.2) is 16.6 Å². The quantitative estimate of drug-likeness (QED) is 0.172. The molecule has 0 saturated heterocycles. The number of carbonyl (C=O) groups excluding carboxylic acids is 1. The van der Waals surface area contributed by atoms with Crippen LogP contribution in [0, 0.1) is 10.8 Å². The summed E-state index contributed by atoms with van der Waals surface area (Å²) in [5.41, 5.74) is -0.159. The van der Waals surface area contributed by atoms with Gasteiger partial charge in [-0.25, -0.2) is 0 Å². The Morgan fingerprint density at radius 2 is 1.03 bits per heavy atom. The van der Waals surface area contributed by atoms with Crippen molar-refractivity contribution in [1.82, 2.24) is 0 Å². The van der Waals surface area contributed by atoms with Crippen molar-refractivity contribution in [3.63, 3.8) is 0 Å². The van der Waals surface area contributed by atoms with Crippen LogP contribution in [-0.2, 0) is 13.6 Å². The summed E-state index contributed by atoms with van der Waals surface area (Å²) < 4.78 is 12.1. The lowest BCUT2D eigenvalue weighted by atomic mass is 9.89. The summed E-state index contributed by atoms with van der Waals surface area (Å²) in [5, 5.41) is 9.71. The maximum Gasteiger partial charge on any atom is 0.191 e. The Kier molecular flexibility index (Phi) is 14.1. The Hall–Kier alpha value is -0.0162. The highest BCUT2D eigenvalue weighted by atomic mass is 28.4. The molecule has 0 aromatic carbocycles.